The molecule has 1 unspecified atom stereocenters. The van der Waals surface area contributed by atoms with Crippen molar-refractivity contribution in [1.82, 2.24) is 10.3 Å². The van der Waals surface area contributed by atoms with E-state index in [1.54, 1.807) is 38.1 Å². The van der Waals surface area contributed by atoms with Crippen molar-refractivity contribution in [2.45, 2.75) is 31.7 Å². The van der Waals surface area contributed by atoms with Crippen LogP contribution in [0.25, 0.3) is 11.8 Å². The highest BCUT2D eigenvalue weighted by molar-refractivity contribution is 8.69. The summed E-state index contributed by atoms with van der Waals surface area (Å²) in [5.74, 6) is -1.27. The molecule has 0 aliphatic heterocycles. The predicted octanol–water partition coefficient (Wildman–Crippen LogP) is 7.09. The molecule has 0 saturated carbocycles. The number of ether oxygens (including phenoxy) is 1. The summed E-state index contributed by atoms with van der Waals surface area (Å²) in [6.07, 6.45) is 0.294. The van der Waals surface area contributed by atoms with Gasteiger partial charge in [0.05, 0.1) is 16.5 Å². The van der Waals surface area contributed by atoms with E-state index >= 15 is 0 Å². The van der Waals surface area contributed by atoms with Gasteiger partial charge in [-0.25, -0.2) is 0 Å². The van der Waals surface area contributed by atoms with E-state index in [0.717, 1.165) is 22.9 Å². The highest BCUT2D eigenvalue weighted by Crippen LogP contribution is 2.37. The SMILES string of the molecule is C=C(Oc1ccnc(C(=O)NC)c1)c1cccc(C(=O)Nc2ccc(NC(=O)C(CC)SS)c(C(F)(F)F)c2)c1C=CC. The standard InChI is InChI=1S/C30H29F3N4O4S2/c1-5-8-21-20(17(3)41-19-13-14-35-25(16-19)28(39)34-4)9-7-10-22(21)27(38)36-18-11-12-24(23(15-18)30(31,32)33)37-29(40)26(6-2)43-42/h5,7-16,26,42H,3,6H2,1-2,4H3,(H,34,39)(H,36,38)(H,37,40). The van der Waals surface area contributed by atoms with Crippen molar-refractivity contribution in [3.8, 4) is 5.75 Å². The summed E-state index contributed by atoms with van der Waals surface area (Å²) in [6, 6.07) is 10.8. The number of pyridine rings is 1. The van der Waals surface area contributed by atoms with Crippen LogP contribution < -0.4 is 20.7 Å². The fourth-order valence-electron chi connectivity index (χ4n) is 3.96. The Hall–Kier alpha value is -4.23. The van der Waals surface area contributed by atoms with Crippen LogP contribution in [0.5, 0.6) is 5.75 Å². The second-order valence-corrected chi connectivity index (χ2v) is 10.4. The molecule has 3 rings (SSSR count). The van der Waals surface area contributed by atoms with E-state index in [1.807, 2.05) is 0 Å². The average molecular weight is 631 g/mol. The number of allylic oxidation sites excluding steroid dienone is 1. The second-order valence-electron chi connectivity index (χ2n) is 8.95. The molecule has 3 aromatic rings. The fraction of sp³-hybridized carbons (Fsp3) is 0.200. The summed E-state index contributed by atoms with van der Waals surface area (Å²) in [5, 5.41) is 6.65. The third-order valence-corrected chi connectivity index (χ3v) is 7.61. The van der Waals surface area contributed by atoms with Gasteiger partial charge in [-0.15, -0.1) is 11.7 Å². The zero-order valence-electron chi connectivity index (χ0n) is 23.4. The summed E-state index contributed by atoms with van der Waals surface area (Å²) < 4.78 is 47.7. The molecule has 226 valence electrons. The Morgan fingerprint density at radius 2 is 1.81 bits per heavy atom. The number of nitrogens with one attached hydrogen (secondary N) is 3. The van der Waals surface area contributed by atoms with Crippen LogP contribution in [0.2, 0.25) is 0 Å². The number of anilines is 2. The summed E-state index contributed by atoms with van der Waals surface area (Å²) in [4.78, 5) is 41.7. The molecule has 2 aromatic carbocycles. The van der Waals surface area contributed by atoms with Crippen LogP contribution in [0.15, 0.2) is 67.4 Å². The Morgan fingerprint density at radius 3 is 2.44 bits per heavy atom. The summed E-state index contributed by atoms with van der Waals surface area (Å²) >= 11 is 4.01. The van der Waals surface area contributed by atoms with Crippen molar-refractivity contribution in [2.24, 2.45) is 0 Å². The molecular weight excluding hydrogens is 601 g/mol. The minimum atomic E-state index is -4.81. The zero-order valence-corrected chi connectivity index (χ0v) is 25.1. The number of hydrogen-bond acceptors (Lipinski definition) is 7. The van der Waals surface area contributed by atoms with E-state index < -0.39 is 40.4 Å². The second kappa shape index (κ2) is 14.8. The lowest BCUT2D eigenvalue weighted by Crippen LogP contribution is -2.25. The Morgan fingerprint density at radius 1 is 1.09 bits per heavy atom. The van der Waals surface area contributed by atoms with Gasteiger partial charge in [0.2, 0.25) is 5.91 Å². The number of halogens is 3. The van der Waals surface area contributed by atoms with Gasteiger partial charge in [0.25, 0.3) is 11.8 Å². The summed E-state index contributed by atoms with van der Waals surface area (Å²) in [6.45, 7) is 7.42. The van der Waals surface area contributed by atoms with Crippen LogP contribution in [-0.4, -0.2) is 35.0 Å². The van der Waals surface area contributed by atoms with Gasteiger partial charge in [-0.3, -0.25) is 19.4 Å². The van der Waals surface area contributed by atoms with Crippen LogP contribution in [0, 0.1) is 0 Å². The van der Waals surface area contributed by atoms with Crippen molar-refractivity contribution in [3.05, 3.63) is 95.3 Å². The van der Waals surface area contributed by atoms with Gasteiger partial charge in [0.15, 0.2) is 0 Å². The zero-order chi connectivity index (χ0) is 31.7. The number of benzene rings is 2. The van der Waals surface area contributed by atoms with Crippen molar-refractivity contribution in [3.63, 3.8) is 0 Å². The largest absolute Gasteiger partial charge is 0.457 e. The summed E-state index contributed by atoms with van der Waals surface area (Å²) in [5.41, 5.74) is -0.565. The minimum Gasteiger partial charge on any atom is -0.457 e. The van der Waals surface area contributed by atoms with Crippen LogP contribution in [0.4, 0.5) is 24.5 Å². The molecule has 0 aliphatic rings. The molecule has 0 saturated heterocycles. The first kappa shape index (κ1) is 33.3. The Bertz CT molecular complexity index is 1560. The number of nitrogens with zero attached hydrogens (tertiary/aromatic N) is 1. The third-order valence-electron chi connectivity index (χ3n) is 6.05. The summed E-state index contributed by atoms with van der Waals surface area (Å²) in [7, 11) is 2.41. The molecule has 0 bridgehead atoms. The fourth-order valence-corrected chi connectivity index (χ4v) is 5.00. The molecule has 1 aromatic heterocycles. The van der Waals surface area contributed by atoms with E-state index in [0.29, 0.717) is 17.5 Å². The average Bonchev–Trinajstić information content (AvgIpc) is 2.97. The van der Waals surface area contributed by atoms with Gasteiger partial charge in [0, 0.05) is 36.1 Å². The topological polar surface area (TPSA) is 109 Å². The number of hydrogen-bond donors (Lipinski definition) is 4. The number of carbonyl (C=O) groups excluding carboxylic acids is 3. The van der Waals surface area contributed by atoms with Gasteiger partial charge in [-0.1, -0.05) is 48.6 Å². The molecular formula is C30H29F3N4O4S2. The van der Waals surface area contributed by atoms with Gasteiger partial charge >= 0.3 is 6.18 Å². The van der Waals surface area contributed by atoms with E-state index in [2.05, 4.69) is 39.2 Å². The molecule has 43 heavy (non-hydrogen) atoms. The van der Waals surface area contributed by atoms with Gasteiger partial charge in [0.1, 0.15) is 17.2 Å². The van der Waals surface area contributed by atoms with Crippen LogP contribution in [0.3, 0.4) is 0 Å². The van der Waals surface area contributed by atoms with Crippen molar-refractivity contribution >= 4 is 63.4 Å². The Kier molecular flexibility index (Phi) is 11.4. The monoisotopic (exact) mass is 630 g/mol. The van der Waals surface area contributed by atoms with Gasteiger partial charge in [-0.2, -0.15) is 13.2 Å². The first-order chi connectivity index (χ1) is 20.4. The molecule has 3 N–H and O–H groups in total. The first-order valence-corrected chi connectivity index (χ1v) is 14.8. The third kappa shape index (κ3) is 8.42. The Labute approximate surface area is 256 Å². The van der Waals surface area contributed by atoms with Crippen molar-refractivity contribution in [2.75, 3.05) is 17.7 Å². The molecule has 0 spiro atoms. The molecule has 3 amide bonds. The first-order valence-electron chi connectivity index (χ1n) is 12.9. The van der Waals surface area contributed by atoms with Crippen LogP contribution >= 0.6 is 22.5 Å². The van der Waals surface area contributed by atoms with E-state index in [9.17, 15) is 27.6 Å². The lowest BCUT2D eigenvalue weighted by atomic mass is 9.98. The number of aromatic nitrogens is 1. The van der Waals surface area contributed by atoms with Crippen LogP contribution in [-0.2, 0) is 11.0 Å². The molecule has 1 atom stereocenters. The number of amides is 3. The van der Waals surface area contributed by atoms with Crippen LogP contribution in [0.1, 0.15) is 57.8 Å². The number of alkyl halides is 3. The lowest BCUT2D eigenvalue weighted by Gasteiger charge is -2.18. The van der Waals surface area contributed by atoms with E-state index in [1.165, 1.54) is 37.5 Å². The maximum absolute atomic E-state index is 13.9. The molecule has 0 radical (unpaired) electrons. The number of carbonyl (C=O) groups is 3. The van der Waals surface area contributed by atoms with Gasteiger partial charge < -0.3 is 20.7 Å². The maximum atomic E-state index is 13.9. The van der Waals surface area contributed by atoms with Crippen molar-refractivity contribution in [1.29, 1.82) is 0 Å². The van der Waals surface area contributed by atoms with Crippen molar-refractivity contribution < 1.29 is 32.3 Å². The highest BCUT2D eigenvalue weighted by Gasteiger charge is 2.35. The smallest absolute Gasteiger partial charge is 0.418 e. The molecule has 0 fully saturated rings. The van der Waals surface area contributed by atoms with E-state index in [-0.39, 0.29) is 28.5 Å². The number of thiol groups is 1. The number of rotatable bonds is 11. The Balaban J connectivity index is 1.92. The molecule has 8 nitrogen and oxygen atoms in total. The van der Waals surface area contributed by atoms with E-state index in [4.69, 9.17) is 4.74 Å². The molecule has 0 aliphatic carbocycles. The quantitative estimate of drug-likeness (QED) is 0.102. The normalized spacial score (nSPS) is 12.0. The maximum Gasteiger partial charge on any atom is 0.418 e. The minimum absolute atomic E-state index is 0.128. The highest BCUT2D eigenvalue weighted by atomic mass is 33.1. The lowest BCUT2D eigenvalue weighted by molar-refractivity contribution is -0.136. The molecule has 1 heterocycles. The molecule has 13 heteroatoms. The van der Waals surface area contributed by atoms with Gasteiger partial charge in [-0.05, 0) is 49.2 Å². The predicted molar refractivity (Wildman–Crippen MR) is 167 cm³/mol.